The lowest BCUT2D eigenvalue weighted by atomic mass is 10.0. The summed E-state index contributed by atoms with van der Waals surface area (Å²) in [6, 6.07) is 11.9. The molecule has 4 rings (SSSR count). The van der Waals surface area contributed by atoms with E-state index in [1.54, 1.807) is 36.5 Å². The number of hydrazone groups is 1. The molecular weight excluding hydrogens is 560 g/mol. The number of rotatable bonds is 16. The third-order valence-electron chi connectivity index (χ3n) is 7.81. The average molecular weight is 603 g/mol. The van der Waals surface area contributed by atoms with Gasteiger partial charge < -0.3 is 27.1 Å². The normalized spacial score (nSPS) is 16.8. The molecule has 44 heavy (non-hydrogen) atoms. The molecule has 2 aliphatic rings. The fourth-order valence-electron chi connectivity index (χ4n) is 5.39. The summed E-state index contributed by atoms with van der Waals surface area (Å²) in [6.07, 6.45) is 8.50. The van der Waals surface area contributed by atoms with Gasteiger partial charge in [0.25, 0.3) is 5.91 Å². The molecule has 0 saturated carbocycles. The number of nitrogens with zero attached hydrogens (tertiary/aromatic N) is 3. The largest absolute Gasteiger partial charge is 0.399 e. The van der Waals surface area contributed by atoms with E-state index in [1.165, 1.54) is 4.90 Å². The number of amides is 4. The third kappa shape index (κ3) is 8.96. The van der Waals surface area contributed by atoms with Crippen molar-refractivity contribution >= 4 is 46.9 Å². The molecule has 1 saturated heterocycles. The van der Waals surface area contributed by atoms with Crippen LogP contribution in [0.2, 0.25) is 0 Å². The molecule has 1 atom stereocenters. The SMILES string of the molecule is N/N=C(\C=NCCCNCCCCCCCC(=O)Nc1cccc2c1CN(C1CCC(=O)NC1=O)C2=O)c1ccc(N)cc1. The van der Waals surface area contributed by atoms with Gasteiger partial charge in [-0.25, -0.2) is 0 Å². The summed E-state index contributed by atoms with van der Waals surface area (Å²) in [5.41, 5.74) is 9.69. The first-order valence-corrected chi connectivity index (χ1v) is 15.3. The Hall–Kier alpha value is -4.58. The van der Waals surface area contributed by atoms with E-state index < -0.39 is 11.9 Å². The van der Waals surface area contributed by atoms with E-state index in [4.69, 9.17) is 11.6 Å². The van der Waals surface area contributed by atoms with Gasteiger partial charge in [-0.15, -0.1) is 0 Å². The Balaban J connectivity index is 1.05. The number of unbranched alkanes of at least 4 members (excludes halogenated alkanes) is 4. The molecule has 2 aromatic carbocycles. The van der Waals surface area contributed by atoms with Gasteiger partial charge >= 0.3 is 0 Å². The number of hydrogen-bond acceptors (Lipinski definition) is 9. The maximum absolute atomic E-state index is 13.0. The first kappa shape index (κ1) is 32.3. The topological polar surface area (TPSA) is 184 Å². The van der Waals surface area contributed by atoms with Crippen molar-refractivity contribution in [2.75, 3.05) is 30.7 Å². The zero-order valence-electron chi connectivity index (χ0n) is 25.0. The Morgan fingerprint density at radius 1 is 1.00 bits per heavy atom. The van der Waals surface area contributed by atoms with Crippen molar-refractivity contribution in [2.45, 2.75) is 70.4 Å². The first-order valence-electron chi connectivity index (χ1n) is 15.3. The van der Waals surface area contributed by atoms with Crippen molar-refractivity contribution in [3.63, 3.8) is 0 Å². The minimum Gasteiger partial charge on any atom is -0.399 e. The van der Waals surface area contributed by atoms with E-state index in [0.717, 1.165) is 57.2 Å². The van der Waals surface area contributed by atoms with E-state index in [2.05, 4.69) is 26.0 Å². The number of nitrogens with one attached hydrogen (secondary N) is 3. The lowest BCUT2D eigenvalue weighted by molar-refractivity contribution is -0.137. The molecule has 4 amide bonds. The van der Waals surface area contributed by atoms with E-state index in [0.29, 0.717) is 47.6 Å². The molecule has 2 heterocycles. The highest BCUT2D eigenvalue weighted by Gasteiger charge is 2.39. The van der Waals surface area contributed by atoms with Crippen LogP contribution in [0, 0.1) is 0 Å². The maximum atomic E-state index is 13.0. The molecule has 0 aromatic heterocycles. The Morgan fingerprint density at radius 3 is 2.52 bits per heavy atom. The number of piperidine rings is 1. The standard InChI is InChI=1S/C32H42N8O4/c33-23-13-11-22(12-14-23)27(39-34)20-36-19-7-18-35-17-5-3-1-2-4-10-29(41)37-26-9-6-8-24-25(26)21-40(32(24)44)28-15-16-30(42)38-31(28)43/h6,8-9,11-14,20,28,35H,1-5,7,10,15-19,21,33-34H2,(H,37,41)(H,38,42,43)/b36-20?,39-27+. The predicted molar refractivity (Wildman–Crippen MR) is 171 cm³/mol. The van der Waals surface area contributed by atoms with Gasteiger partial charge in [0.05, 0.1) is 0 Å². The van der Waals surface area contributed by atoms with Crippen molar-refractivity contribution < 1.29 is 19.2 Å². The zero-order valence-corrected chi connectivity index (χ0v) is 25.0. The van der Waals surface area contributed by atoms with Crippen LogP contribution in [0.1, 0.15) is 79.3 Å². The number of benzene rings is 2. The van der Waals surface area contributed by atoms with Crippen molar-refractivity contribution in [1.82, 2.24) is 15.5 Å². The second kappa shape index (κ2) is 16.3. The summed E-state index contributed by atoms with van der Waals surface area (Å²) in [5, 5.41) is 12.5. The number of fused-ring (bicyclic) bond motifs is 1. The van der Waals surface area contributed by atoms with Crippen LogP contribution in [0.4, 0.5) is 11.4 Å². The van der Waals surface area contributed by atoms with E-state index >= 15 is 0 Å². The number of nitrogen functional groups attached to an aromatic ring is 1. The van der Waals surface area contributed by atoms with Crippen molar-refractivity contribution in [3.8, 4) is 0 Å². The monoisotopic (exact) mass is 602 g/mol. The Bertz CT molecular complexity index is 1390. The number of aliphatic imine (C=N–C) groups is 1. The summed E-state index contributed by atoms with van der Waals surface area (Å²) in [4.78, 5) is 55.3. The highest BCUT2D eigenvalue weighted by molar-refractivity contribution is 6.38. The molecule has 2 aliphatic heterocycles. The fraction of sp³-hybridized carbons (Fsp3) is 0.438. The lowest BCUT2D eigenvalue weighted by Crippen LogP contribution is -2.52. The highest BCUT2D eigenvalue weighted by atomic mass is 16.2. The predicted octanol–water partition coefficient (Wildman–Crippen LogP) is 2.72. The molecule has 0 aliphatic carbocycles. The van der Waals surface area contributed by atoms with Crippen LogP contribution in [-0.4, -0.2) is 66.1 Å². The minimum absolute atomic E-state index is 0.0899. The quantitative estimate of drug-likeness (QED) is 0.0488. The number of imide groups is 1. The molecular formula is C32H42N8O4. The number of carbonyl (C=O) groups excluding carboxylic acids is 4. The number of anilines is 2. The molecule has 1 fully saturated rings. The summed E-state index contributed by atoms with van der Waals surface area (Å²) in [5.74, 6) is 4.37. The molecule has 2 aromatic rings. The van der Waals surface area contributed by atoms with Crippen LogP contribution < -0.4 is 27.5 Å². The Labute approximate surface area is 257 Å². The van der Waals surface area contributed by atoms with Gasteiger partial charge in [-0.3, -0.25) is 29.5 Å². The van der Waals surface area contributed by atoms with Crippen molar-refractivity contribution in [3.05, 3.63) is 59.2 Å². The van der Waals surface area contributed by atoms with Crippen LogP contribution in [0.3, 0.4) is 0 Å². The molecule has 0 radical (unpaired) electrons. The number of hydrogen-bond donors (Lipinski definition) is 5. The van der Waals surface area contributed by atoms with Crippen LogP contribution >= 0.6 is 0 Å². The Morgan fingerprint density at radius 2 is 1.75 bits per heavy atom. The van der Waals surface area contributed by atoms with Gasteiger partial charge in [0.15, 0.2) is 0 Å². The van der Waals surface area contributed by atoms with Gasteiger partial charge in [0.2, 0.25) is 17.7 Å². The average Bonchev–Trinajstić information content (AvgIpc) is 3.35. The minimum atomic E-state index is -0.683. The van der Waals surface area contributed by atoms with Gasteiger partial charge in [0, 0.05) is 60.2 Å². The molecule has 12 nitrogen and oxygen atoms in total. The Kier molecular flexibility index (Phi) is 12.0. The van der Waals surface area contributed by atoms with E-state index in [1.807, 2.05) is 12.1 Å². The first-order chi connectivity index (χ1) is 21.4. The summed E-state index contributed by atoms with van der Waals surface area (Å²) in [7, 11) is 0. The molecule has 12 heteroatoms. The lowest BCUT2D eigenvalue weighted by Gasteiger charge is -2.29. The molecule has 7 N–H and O–H groups in total. The highest BCUT2D eigenvalue weighted by Crippen LogP contribution is 2.32. The third-order valence-corrected chi connectivity index (χ3v) is 7.81. The molecule has 1 unspecified atom stereocenters. The van der Waals surface area contributed by atoms with E-state index in [-0.39, 0.29) is 30.7 Å². The zero-order chi connectivity index (χ0) is 31.3. The molecule has 0 spiro atoms. The fourth-order valence-corrected chi connectivity index (χ4v) is 5.39. The van der Waals surface area contributed by atoms with Crippen LogP contribution in [0.25, 0.3) is 0 Å². The van der Waals surface area contributed by atoms with Crippen LogP contribution in [0.15, 0.2) is 52.6 Å². The molecule has 0 bridgehead atoms. The number of carbonyl (C=O) groups is 4. The smallest absolute Gasteiger partial charge is 0.255 e. The second-order valence-corrected chi connectivity index (χ2v) is 11.1. The number of nitrogens with two attached hydrogens (primary N) is 2. The summed E-state index contributed by atoms with van der Waals surface area (Å²) in [6.45, 7) is 2.74. The molecule has 234 valence electrons. The summed E-state index contributed by atoms with van der Waals surface area (Å²) < 4.78 is 0. The van der Waals surface area contributed by atoms with Crippen molar-refractivity contribution in [1.29, 1.82) is 0 Å². The second-order valence-electron chi connectivity index (χ2n) is 11.1. The van der Waals surface area contributed by atoms with Gasteiger partial charge in [-0.05, 0) is 63.0 Å². The van der Waals surface area contributed by atoms with Gasteiger partial charge in [0.1, 0.15) is 11.8 Å². The van der Waals surface area contributed by atoms with Gasteiger partial charge in [-0.1, -0.05) is 37.5 Å². The van der Waals surface area contributed by atoms with E-state index in [9.17, 15) is 19.2 Å². The van der Waals surface area contributed by atoms with Gasteiger partial charge in [-0.2, -0.15) is 5.10 Å². The maximum Gasteiger partial charge on any atom is 0.255 e. The summed E-state index contributed by atoms with van der Waals surface area (Å²) >= 11 is 0. The van der Waals surface area contributed by atoms with Crippen LogP contribution in [0.5, 0.6) is 0 Å². The van der Waals surface area contributed by atoms with Crippen LogP contribution in [-0.2, 0) is 20.9 Å². The van der Waals surface area contributed by atoms with Crippen molar-refractivity contribution in [2.24, 2.45) is 15.9 Å².